The molecule has 7 nitrogen and oxygen atoms in total. The Kier molecular flexibility index (Phi) is 3.07. The van der Waals surface area contributed by atoms with E-state index in [4.69, 9.17) is 4.74 Å². The maximum absolute atomic E-state index is 12.2. The molecule has 22 heavy (non-hydrogen) atoms. The summed E-state index contributed by atoms with van der Waals surface area (Å²) in [6, 6.07) is 6.04. The molecule has 2 atom stereocenters. The second-order valence-electron chi connectivity index (χ2n) is 4.91. The van der Waals surface area contributed by atoms with Crippen LogP contribution in [0.25, 0.3) is 0 Å². The molecule has 0 saturated heterocycles. The second kappa shape index (κ2) is 4.81. The Balaban J connectivity index is 2.09. The number of hydrogen-bond acceptors (Lipinski definition) is 7. The first-order valence-electron chi connectivity index (χ1n) is 6.36. The zero-order valence-corrected chi connectivity index (χ0v) is 11.1. The summed E-state index contributed by atoms with van der Waals surface area (Å²) < 4.78 is 5.43. The third-order valence-corrected chi connectivity index (χ3v) is 3.50. The number of hydrogen-bond donors (Lipinski definition) is 5. The molecule has 0 bridgehead atoms. The topological polar surface area (TPSA) is 127 Å². The summed E-state index contributed by atoms with van der Waals surface area (Å²) >= 11 is 0. The normalized spacial score (nSPS) is 20.3. The lowest BCUT2D eigenvalue weighted by Gasteiger charge is -2.30. The van der Waals surface area contributed by atoms with Crippen molar-refractivity contribution >= 4 is 5.78 Å². The fraction of sp³-hybridized carbons (Fsp3) is 0.133. The smallest absolute Gasteiger partial charge is 0.201 e. The molecule has 1 aliphatic rings. The summed E-state index contributed by atoms with van der Waals surface area (Å²) in [5.74, 6) is -2.80. The Hall–Kier alpha value is -2.93. The molecule has 0 spiro atoms. The van der Waals surface area contributed by atoms with Crippen LogP contribution in [0.1, 0.15) is 22.0 Å². The van der Waals surface area contributed by atoms with Crippen LogP contribution in [0, 0.1) is 0 Å². The Labute approximate surface area is 124 Å². The lowest BCUT2D eigenvalue weighted by atomic mass is 9.93. The third kappa shape index (κ3) is 1.99. The van der Waals surface area contributed by atoms with Crippen LogP contribution in [-0.2, 0) is 0 Å². The van der Waals surface area contributed by atoms with E-state index >= 15 is 0 Å². The van der Waals surface area contributed by atoms with E-state index in [2.05, 4.69) is 0 Å². The van der Waals surface area contributed by atoms with Crippen LogP contribution in [0.5, 0.6) is 28.7 Å². The standard InChI is InChI=1S/C15H12O7/c16-8-3-1-6(5-10(8)18)14-13(21)11(19)7-2-4-9(17)12(20)15(7)22-14/h1-5,13-14,16-18,20-21H/t13-,14+/m1/s1. The van der Waals surface area contributed by atoms with Gasteiger partial charge in [-0.05, 0) is 29.8 Å². The van der Waals surface area contributed by atoms with Crippen LogP contribution in [0.4, 0.5) is 0 Å². The third-order valence-electron chi connectivity index (χ3n) is 3.50. The number of carbonyl (C=O) groups is 1. The van der Waals surface area contributed by atoms with Gasteiger partial charge >= 0.3 is 0 Å². The van der Waals surface area contributed by atoms with Gasteiger partial charge in [0, 0.05) is 0 Å². The van der Waals surface area contributed by atoms with Gasteiger partial charge < -0.3 is 30.3 Å². The highest BCUT2D eigenvalue weighted by Gasteiger charge is 2.39. The van der Waals surface area contributed by atoms with Crippen molar-refractivity contribution in [3.8, 4) is 28.7 Å². The van der Waals surface area contributed by atoms with Crippen molar-refractivity contribution in [1.29, 1.82) is 0 Å². The molecule has 0 radical (unpaired) electrons. The first-order chi connectivity index (χ1) is 10.4. The molecule has 2 aromatic carbocycles. The molecule has 1 heterocycles. The van der Waals surface area contributed by atoms with Crippen LogP contribution < -0.4 is 4.74 Å². The number of aliphatic hydroxyl groups excluding tert-OH is 1. The number of rotatable bonds is 1. The fourth-order valence-corrected chi connectivity index (χ4v) is 2.33. The van der Waals surface area contributed by atoms with Crippen molar-refractivity contribution in [1.82, 2.24) is 0 Å². The number of fused-ring (bicyclic) bond motifs is 1. The van der Waals surface area contributed by atoms with Crippen molar-refractivity contribution in [2.24, 2.45) is 0 Å². The Morgan fingerprint density at radius 3 is 2.27 bits per heavy atom. The van der Waals surface area contributed by atoms with Gasteiger partial charge in [-0.2, -0.15) is 0 Å². The zero-order valence-electron chi connectivity index (χ0n) is 11.1. The predicted molar refractivity (Wildman–Crippen MR) is 73.2 cm³/mol. The average molecular weight is 304 g/mol. The SMILES string of the molecule is O=C1c2ccc(O)c(O)c2O[C@@H](c2ccc(O)c(O)c2)[C@@H]1O. The van der Waals surface area contributed by atoms with E-state index in [1.165, 1.54) is 18.2 Å². The number of Topliss-reactive ketones (excluding diaryl/α,β-unsaturated/α-hetero) is 1. The lowest BCUT2D eigenvalue weighted by Crippen LogP contribution is -2.36. The van der Waals surface area contributed by atoms with Gasteiger partial charge in [0.05, 0.1) is 5.56 Å². The highest BCUT2D eigenvalue weighted by molar-refractivity contribution is 6.04. The molecule has 2 aromatic rings. The number of benzene rings is 2. The second-order valence-corrected chi connectivity index (χ2v) is 4.91. The van der Waals surface area contributed by atoms with Crippen molar-refractivity contribution < 1.29 is 35.1 Å². The van der Waals surface area contributed by atoms with Gasteiger partial charge in [-0.15, -0.1) is 0 Å². The Bertz CT molecular complexity index is 769. The van der Waals surface area contributed by atoms with Crippen LogP contribution in [0.2, 0.25) is 0 Å². The minimum absolute atomic E-state index is 0.0537. The maximum Gasteiger partial charge on any atom is 0.201 e. The molecule has 3 rings (SSSR count). The number of ketones is 1. The van der Waals surface area contributed by atoms with Gasteiger partial charge in [0.25, 0.3) is 0 Å². The minimum Gasteiger partial charge on any atom is -0.504 e. The summed E-state index contributed by atoms with van der Waals surface area (Å²) in [6.45, 7) is 0. The molecule has 1 aliphatic heterocycles. The molecule has 7 heteroatoms. The van der Waals surface area contributed by atoms with E-state index < -0.39 is 35.2 Å². The zero-order chi connectivity index (χ0) is 16.0. The van der Waals surface area contributed by atoms with E-state index in [-0.39, 0.29) is 22.6 Å². The van der Waals surface area contributed by atoms with Gasteiger partial charge in [0.1, 0.15) is 0 Å². The summed E-state index contributed by atoms with van der Waals surface area (Å²) in [7, 11) is 0. The highest BCUT2D eigenvalue weighted by Crippen LogP contribution is 2.45. The van der Waals surface area contributed by atoms with Crippen LogP contribution in [-0.4, -0.2) is 37.4 Å². The molecule has 0 saturated carbocycles. The fourth-order valence-electron chi connectivity index (χ4n) is 2.33. The van der Waals surface area contributed by atoms with Crippen LogP contribution >= 0.6 is 0 Å². The molecular formula is C15H12O7. The number of aromatic hydroxyl groups is 4. The Morgan fingerprint density at radius 1 is 0.909 bits per heavy atom. The number of phenolic OH excluding ortho intramolecular Hbond substituents is 4. The monoisotopic (exact) mass is 304 g/mol. The number of phenols is 4. The number of ether oxygens (including phenoxy) is 1. The van der Waals surface area contributed by atoms with Crippen molar-refractivity contribution in [3.63, 3.8) is 0 Å². The van der Waals surface area contributed by atoms with E-state index in [0.717, 1.165) is 12.1 Å². The van der Waals surface area contributed by atoms with Gasteiger partial charge in [-0.1, -0.05) is 6.07 Å². The summed E-state index contributed by atoms with van der Waals surface area (Å²) in [4.78, 5) is 12.2. The largest absolute Gasteiger partial charge is 0.504 e. The molecular weight excluding hydrogens is 292 g/mol. The van der Waals surface area contributed by atoms with Crippen molar-refractivity contribution in [2.75, 3.05) is 0 Å². The summed E-state index contributed by atoms with van der Waals surface area (Å²) in [5, 5.41) is 48.2. The highest BCUT2D eigenvalue weighted by atomic mass is 16.5. The summed E-state index contributed by atoms with van der Waals surface area (Å²) in [5.41, 5.74) is 0.173. The predicted octanol–water partition coefficient (Wildman–Crippen LogP) is 1.19. The molecule has 114 valence electrons. The lowest BCUT2D eigenvalue weighted by molar-refractivity contribution is 0.0202. The molecule has 0 fully saturated rings. The first-order valence-corrected chi connectivity index (χ1v) is 6.36. The maximum atomic E-state index is 12.2. The molecule has 0 aliphatic carbocycles. The van der Waals surface area contributed by atoms with Crippen molar-refractivity contribution in [3.05, 3.63) is 41.5 Å². The summed E-state index contributed by atoms with van der Waals surface area (Å²) in [6.07, 6.45) is -2.75. The molecule has 5 N–H and O–H groups in total. The minimum atomic E-state index is -1.56. The number of carbonyl (C=O) groups excluding carboxylic acids is 1. The van der Waals surface area contributed by atoms with E-state index in [1.807, 2.05) is 0 Å². The van der Waals surface area contributed by atoms with Gasteiger partial charge in [-0.25, -0.2) is 0 Å². The van der Waals surface area contributed by atoms with Crippen LogP contribution in [0.15, 0.2) is 30.3 Å². The molecule has 0 amide bonds. The average Bonchev–Trinajstić information content (AvgIpc) is 2.49. The molecule has 0 unspecified atom stereocenters. The number of aliphatic hydroxyl groups is 1. The van der Waals surface area contributed by atoms with E-state index in [9.17, 15) is 30.3 Å². The first kappa shape index (κ1) is 14.0. The van der Waals surface area contributed by atoms with Gasteiger partial charge in [0.15, 0.2) is 41.0 Å². The van der Waals surface area contributed by atoms with E-state index in [0.29, 0.717) is 0 Å². The quantitative estimate of drug-likeness (QED) is 0.501. The Morgan fingerprint density at radius 2 is 1.59 bits per heavy atom. The van der Waals surface area contributed by atoms with Crippen molar-refractivity contribution in [2.45, 2.75) is 12.2 Å². The van der Waals surface area contributed by atoms with Crippen LogP contribution in [0.3, 0.4) is 0 Å². The molecule has 0 aromatic heterocycles. The van der Waals surface area contributed by atoms with E-state index in [1.54, 1.807) is 0 Å². The van der Waals surface area contributed by atoms with Gasteiger partial charge in [0.2, 0.25) is 5.75 Å². The van der Waals surface area contributed by atoms with Gasteiger partial charge in [-0.3, -0.25) is 4.79 Å².